The van der Waals surface area contributed by atoms with Crippen LogP contribution in [0, 0.1) is 6.92 Å². The van der Waals surface area contributed by atoms with E-state index in [0.29, 0.717) is 15.7 Å². The second kappa shape index (κ2) is 8.23. The third kappa shape index (κ3) is 4.92. The van der Waals surface area contributed by atoms with Crippen molar-refractivity contribution < 1.29 is 17.8 Å². The molecule has 12 heteroatoms. The van der Waals surface area contributed by atoms with E-state index in [1.807, 2.05) is 18.0 Å². The molecule has 0 aliphatic carbocycles. The maximum Gasteiger partial charge on any atom is 0.364 e. The molecule has 2 amide bonds. The molecule has 30 heavy (non-hydrogen) atoms. The summed E-state index contributed by atoms with van der Waals surface area (Å²) in [5.41, 5.74) is -0.572. The number of urea groups is 1. The van der Waals surface area contributed by atoms with Crippen LogP contribution < -0.4 is 26.2 Å². The molecule has 2 aromatic carbocycles. The van der Waals surface area contributed by atoms with Crippen LogP contribution in [0.2, 0.25) is 0 Å². The minimum atomic E-state index is -4.90. The lowest BCUT2D eigenvalue weighted by atomic mass is 10.2. The molecule has 0 radical (unpaired) electrons. The number of aryl methyl sites for hydroxylation is 1. The Hall–Kier alpha value is -3.90. The number of hydrogen-bond donors (Lipinski definition) is 5. The van der Waals surface area contributed by atoms with Gasteiger partial charge in [-0.25, -0.2) is 13.9 Å². The minimum absolute atomic E-state index is 0.0975. The number of benzene rings is 2. The molecular formula is C18H17N5O6S. The van der Waals surface area contributed by atoms with Gasteiger partial charge in [0, 0.05) is 17.6 Å². The molecule has 3 rings (SSSR count). The lowest BCUT2D eigenvalue weighted by Gasteiger charge is -2.20. The van der Waals surface area contributed by atoms with Crippen molar-refractivity contribution in [3.63, 3.8) is 0 Å². The number of nitrogens with zero attached hydrogens (tertiary/aromatic N) is 1. The smallest absolute Gasteiger partial charge is 0.312 e. The summed E-state index contributed by atoms with van der Waals surface area (Å²) in [6.07, 6.45) is 0.858. The van der Waals surface area contributed by atoms with Crippen LogP contribution in [-0.2, 0) is 10.3 Å². The largest absolute Gasteiger partial charge is 0.364 e. The monoisotopic (exact) mass is 431 g/mol. The van der Waals surface area contributed by atoms with Gasteiger partial charge in [-0.3, -0.25) is 14.3 Å². The lowest BCUT2D eigenvalue weighted by Crippen LogP contribution is -2.33. The van der Waals surface area contributed by atoms with Crippen LogP contribution in [0.4, 0.5) is 27.5 Å². The highest BCUT2D eigenvalue weighted by molar-refractivity contribution is 7.87. The van der Waals surface area contributed by atoms with E-state index in [-0.39, 0.29) is 5.69 Å². The van der Waals surface area contributed by atoms with Gasteiger partial charge in [0.1, 0.15) is 5.69 Å². The van der Waals surface area contributed by atoms with Crippen LogP contribution in [0.25, 0.3) is 0 Å². The lowest BCUT2D eigenvalue weighted by molar-refractivity contribution is 0.262. The molecule has 0 atom stereocenters. The molecule has 0 unspecified atom stereocenters. The van der Waals surface area contributed by atoms with Gasteiger partial charge < -0.3 is 15.6 Å². The summed E-state index contributed by atoms with van der Waals surface area (Å²) < 4.78 is 33.5. The fourth-order valence-electron chi connectivity index (χ4n) is 2.65. The van der Waals surface area contributed by atoms with Crippen molar-refractivity contribution in [1.82, 2.24) is 9.97 Å². The fraction of sp³-hybridized carbons (Fsp3) is 0.0556. The number of hydrogen-bond acceptors (Lipinski definition) is 5. The van der Waals surface area contributed by atoms with Crippen molar-refractivity contribution in [1.29, 1.82) is 0 Å². The topological polar surface area (TPSA) is 164 Å². The van der Waals surface area contributed by atoms with Gasteiger partial charge in [0.2, 0.25) is 0 Å². The fourth-order valence-corrected chi connectivity index (χ4v) is 3.42. The highest BCUT2D eigenvalue weighted by Gasteiger charge is 2.25. The molecule has 1 heterocycles. The summed E-state index contributed by atoms with van der Waals surface area (Å²) in [5, 5.41) is 5.23. The van der Waals surface area contributed by atoms with Gasteiger partial charge in [-0.05, 0) is 48.9 Å². The summed E-state index contributed by atoms with van der Waals surface area (Å²) in [5.74, 6) is 0. The Bertz CT molecular complexity index is 1300. The highest BCUT2D eigenvalue weighted by atomic mass is 32.2. The second-order valence-corrected chi connectivity index (χ2v) is 7.46. The summed E-state index contributed by atoms with van der Waals surface area (Å²) >= 11 is 0. The molecule has 0 saturated heterocycles. The normalized spacial score (nSPS) is 11.0. The standard InChI is InChI=1S/C18H17N5O6S/c1-11-3-2-4-13(9-11)21-18(26)20-12-5-7-14(8-6-12)23(30(27,28)29)15-10-19-17(25)22-16(15)24/h2-10H,1H3,(H2,20,21,26)(H,27,28,29)(H2,19,22,24,25). The van der Waals surface area contributed by atoms with Gasteiger partial charge in [0.05, 0.1) is 5.69 Å². The van der Waals surface area contributed by atoms with E-state index in [2.05, 4.69) is 15.6 Å². The SMILES string of the molecule is Cc1cccc(NC(=O)Nc2ccc(N(c3c[nH]c(=O)[nH]c3=O)S(=O)(=O)O)cc2)c1. The molecule has 0 spiro atoms. The zero-order chi connectivity index (χ0) is 21.9. The first-order valence-corrected chi connectivity index (χ1v) is 9.88. The van der Waals surface area contributed by atoms with Crippen molar-refractivity contribution in [2.75, 3.05) is 14.9 Å². The molecule has 1 aromatic heterocycles. The zero-order valence-corrected chi connectivity index (χ0v) is 16.4. The van der Waals surface area contributed by atoms with Crippen LogP contribution >= 0.6 is 0 Å². The Labute approximate surface area is 170 Å². The van der Waals surface area contributed by atoms with E-state index in [1.54, 1.807) is 18.2 Å². The van der Waals surface area contributed by atoms with Gasteiger partial charge in [0.25, 0.3) is 5.56 Å². The van der Waals surface area contributed by atoms with E-state index >= 15 is 0 Å². The Morgan fingerprint density at radius 1 is 1.03 bits per heavy atom. The summed E-state index contributed by atoms with van der Waals surface area (Å²) in [6.45, 7) is 1.89. The number of anilines is 4. The van der Waals surface area contributed by atoms with Gasteiger partial charge >= 0.3 is 22.0 Å². The van der Waals surface area contributed by atoms with Crippen LogP contribution in [0.3, 0.4) is 0 Å². The number of aromatic amines is 2. The van der Waals surface area contributed by atoms with Crippen molar-refractivity contribution in [3.05, 3.63) is 81.1 Å². The van der Waals surface area contributed by atoms with Crippen molar-refractivity contribution in [3.8, 4) is 0 Å². The average molecular weight is 431 g/mol. The number of carbonyl (C=O) groups excluding carboxylic acids is 1. The number of rotatable bonds is 5. The Morgan fingerprint density at radius 2 is 1.70 bits per heavy atom. The maximum absolute atomic E-state index is 12.1. The first-order valence-electron chi connectivity index (χ1n) is 8.48. The number of H-pyrrole nitrogens is 2. The highest BCUT2D eigenvalue weighted by Crippen LogP contribution is 2.26. The molecule has 0 fully saturated rings. The number of carbonyl (C=O) groups is 1. The van der Waals surface area contributed by atoms with E-state index in [0.717, 1.165) is 11.8 Å². The summed E-state index contributed by atoms with van der Waals surface area (Å²) in [4.78, 5) is 39.2. The molecule has 0 aliphatic heterocycles. The molecule has 3 aromatic rings. The Morgan fingerprint density at radius 3 is 2.30 bits per heavy atom. The predicted octanol–water partition coefficient (Wildman–Crippen LogP) is 1.96. The molecule has 156 valence electrons. The van der Waals surface area contributed by atoms with E-state index in [9.17, 15) is 27.4 Å². The molecule has 0 bridgehead atoms. The van der Waals surface area contributed by atoms with Crippen LogP contribution in [-0.4, -0.2) is 29.0 Å². The molecular weight excluding hydrogens is 414 g/mol. The first-order chi connectivity index (χ1) is 14.1. The van der Waals surface area contributed by atoms with Gasteiger partial charge in [-0.2, -0.15) is 8.42 Å². The minimum Gasteiger partial charge on any atom is -0.312 e. The van der Waals surface area contributed by atoms with Crippen molar-refractivity contribution in [2.45, 2.75) is 6.92 Å². The Kier molecular flexibility index (Phi) is 5.71. The molecule has 5 N–H and O–H groups in total. The van der Waals surface area contributed by atoms with Gasteiger partial charge in [-0.15, -0.1) is 0 Å². The molecule has 0 saturated carbocycles. The van der Waals surface area contributed by atoms with Crippen LogP contribution in [0.5, 0.6) is 0 Å². The van der Waals surface area contributed by atoms with E-state index < -0.39 is 33.3 Å². The Balaban J connectivity index is 1.82. The van der Waals surface area contributed by atoms with Crippen molar-refractivity contribution in [2.24, 2.45) is 0 Å². The number of amides is 2. The molecule has 0 aliphatic rings. The quantitative estimate of drug-likeness (QED) is 0.387. The predicted molar refractivity (Wildman–Crippen MR) is 112 cm³/mol. The van der Waals surface area contributed by atoms with Crippen LogP contribution in [0.15, 0.2) is 64.3 Å². The zero-order valence-electron chi connectivity index (χ0n) is 15.5. The van der Waals surface area contributed by atoms with Gasteiger partial charge in [0.15, 0.2) is 0 Å². The average Bonchev–Trinajstić information content (AvgIpc) is 2.64. The second-order valence-electron chi connectivity index (χ2n) is 6.19. The summed E-state index contributed by atoms with van der Waals surface area (Å²) in [7, 11) is -4.90. The third-order valence-electron chi connectivity index (χ3n) is 3.88. The third-order valence-corrected chi connectivity index (χ3v) is 4.75. The van der Waals surface area contributed by atoms with E-state index in [1.165, 1.54) is 24.3 Å². The number of nitrogens with one attached hydrogen (secondary N) is 4. The van der Waals surface area contributed by atoms with E-state index in [4.69, 9.17) is 0 Å². The van der Waals surface area contributed by atoms with Crippen molar-refractivity contribution >= 4 is 39.1 Å². The first kappa shape index (κ1) is 20.8. The number of aromatic nitrogens is 2. The van der Waals surface area contributed by atoms with Crippen LogP contribution in [0.1, 0.15) is 5.56 Å². The summed E-state index contributed by atoms with van der Waals surface area (Å²) in [6, 6.07) is 12.0. The van der Waals surface area contributed by atoms with Gasteiger partial charge in [-0.1, -0.05) is 12.1 Å². The maximum atomic E-state index is 12.1. The molecule has 11 nitrogen and oxygen atoms in total.